The molecule has 8 aromatic rings. The molecule has 0 saturated carbocycles. The third kappa shape index (κ3) is 20.6. The lowest BCUT2D eigenvalue weighted by Crippen LogP contribution is -2.68. The Labute approximate surface area is 568 Å². The van der Waals surface area contributed by atoms with Crippen LogP contribution in [0.25, 0.3) is 0 Å². The van der Waals surface area contributed by atoms with Crippen LogP contribution in [-0.4, -0.2) is 136 Å². The summed E-state index contributed by atoms with van der Waals surface area (Å²) < 4.78 is 104. The van der Waals surface area contributed by atoms with E-state index in [1.54, 1.807) is 36.4 Å². The molecule has 1 N–H and O–H groups in total. The number of aliphatic hydroxyl groups is 1. The minimum Gasteiger partial charge on any atom is -0.450 e. The fourth-order valence-electron chi connectivity index (χ4n) is 11.9. The second kappa shape index (κ2) is 37.7. The van der Waals surface area contributed by atoms with Gasteiger partial charge in [0.15, 0.2) is 25.0 Å². The van der Waals surface area contributed by atoms with Gasteiger partial charge in [-0.15, -0.1) is 13.2 Å². The van der Waals surface area contributed by atoms with Gasteiger partial charge in [0, 0.05) is 0 Å². The summed E-state index contributed by atoms with van der Waals surface area (Å²) in [7, 11) is 0. The van der Waals surface area contributed by atoms with Crippen molar-refractivity contribution in [3.8, 4) is 0 Å². The van der Waals surface area contributed by atoms with Crippen molar-refractivity contribution in [2.45, 2.75) is 138 Å². The zero-order valence-electron chi connectivity index (χ0n) is 54.3. The smallest absolute Gasteiger partial charge is 0.338 e. The maximum atomic E-state index is 14.8. The van der Waals surface area contributed by atoms with Crippen molar-refractivity contribution in [3.05, 3.63) is 312 Å². The number of hydrogen-bond donors (Lipinski definition) is 1. The quantitative estimate of drug-likeness (QED) is 0.0223. The van der Waals surface area contributed by atoms with Crippen molar-refractivity contribution in [2.24, 2.45) is 0 Å². The minimum absolute atomic E-state index is 0.0152. The highest BCUT2D eigenvalue weighted by Crippen LogP contribution is 2.39. The van der Waals surface area contributed by atoms with Crippen LogP contribution in [0.2, 0.25) is 0 Å². The molecule has 0 aromatic heterocycles. The van der Waals surface area contributed by atoms with Crippen molar-refractivity contribution >= 4 is 5.97 Å². The van der Waals surface area contributed by atoms with Crippen LogP contribution in [0.5, 0.6) is 0 Å². The van der Waals surface area contributed by atoms with Gasteiger partial charge in [0.2, 0.25) is 0 Å². The molecule has 3 aliphatic heterocycles. The Morgan fingerprint density at radius 1 is 0.330 bits per heavy atom. The number of carbonyl (C=O) groups is 1. The molecule has 3 fully saturated rings. The van der Waals surface area contributed by atoms with Gasteiger partial charge in [-0.25, -0.2) is 4.79 Å². The van der Waals surface area contributed by atoms with E-state index in [1.807, 2.05) is 218 Å². The van der Waals surface area contributed by atoms with E-state index in [0.717, 1.165) is 38.9 Å². The Bertz CT molecular complexity index is 3510. The SMILES string of the molecule is C=CCOC[C@H]1O[C@H](O)[C@@H](O[C@H]2O[C@H](COCc3ccccc3)[C@@H](OCc3ccccc3)[C@H](OCc3ccccc3)[C@@H]2OCc2ccccc2)[C@@H](OCC=C)[C@@H]1O[C@H]1O[C@H](COCc2ccccc2)[C@@H](OCc2ccccc2)[C@H](OCc2ccccc2)[C@@H]1OC(=O)c1ccccc1. The molecule has 3 aliphatic rings. The Kier molecular flexibility index (Phi) is 27.4. The van der Waals surface area contributed by atoms with E-state index in [1.165, 1.54) is 0 Å². The molecule has 3 heterocycles. The van der Waals surface area contributed by atoms with Crippen LogP contribution in [0.4, 0.5) is 0 Å². The second-order valence-electron chi connectivity index (χ2n) is 23.8. The summed E-state index contributed by atoms with van der Waals surface area (Å²) >= 11 is 0. The highest BCUT2D eigenvalue weighted by molar-refractivity contribution is 5.89. The zero-order valence-corrected chi connectivity index (χ0v) is 54.3. The maximum Gasteiger partial charge on any atom is 0.338 e. The number of aliphatic hydroxyl groups excluding tert-OH is 1. The van der Waals surface area contributed by atoms with Gasteiger partial charge in [-0.1, -0.05) is 243 Å². The summed E-state index contributed by atoms with van der Waals surface area (Å²) in [4.78, 5) is 14.8. The third-order valence-electron chi connectivity index (χ3n) is 16.8. The van der Waals surface area contributed by atoms with Gasteiger partial charge in [0.1, 0.15) is 67.1 Å². The number of benzene rings is 8. The van der Waals surface area contributed by atoms with Crippen molar-refractivity contribution in [3.63, 3.8) is 0 Å². The molecule has 97 heavy (non-hydrogen) atoms. The first kappa shape index (κ1) is 70.4. The molecule has 17 nitrogen and oxygen atoms in total. The van der Waals surface area contributed by atoms with Crippen molar-refractivity contribution in [2.75, 3.05) is 33.0 Å². The zero-order chi connectivity index (χ0) is 66.6. The van der Waals surface area contributed by atoms with Crippen LogP contribution in [0, 0.1) is 0 Å². The predicted molar refractivity (Wildman–Crippen MR) is 362 cm³/mol. The van der Waals surface area contributed by atoms with E-state index < -0.39 is 98.1 Å². The third-order valence-corrected chi connectivity index (χ3v) is 16.8. The first-order chi connectivity index (χ1) is 47.9. The number of ether oxygens (including phenoxy) is 15. The molecule has 0 radical (unpaired) electrons. The molecular weight excluding hydrogens is 1230 g/mol. The molecular formula is C80H86O17. The van der Waals surface area contributed by atoms with Crippen LogP contribution in [0.1, 0.15) is 49.3 Å². The number of carbonyl (C=O) groups excluding carboxylic acids is 1. The molecule has 11 rings (SSSR count). The molecule has 0 spiro atoms. The molecule has 0 amide bonds. The summed E-state index contributed by atoms with van der Waals surface area (Å²) in [6, 6.07) is 77.0. The Morgan fingerprint density at radius 3 is 1.04 bits per heavy atom. The van der Waals surface area contributed by atoms with Crippen LogP contribution >= 0.6 is 0 Å². The molecule has 3 saturated heterocycles. The largest absolute Gasteiger partial charge is 0.450 e. The van der Waals surface area contributed by atoms with Crippen LogP contribution in [0.15, 0.2) is 268 Å². The fraction of sp³-hybridized carbons (Fsp3) is 0.338. The topological polar surface area (TPSA) is 176 Å². The fourth-order valence-corrected chi connectivity index (χ4v) is 11.9. The van der Waals surface area contributed by atoms with E-state index in [9.17, 15) is 9.90 Å². The van der Waals surface area contributed by atoms with Gasteiger partial charge in [-0.3, -0.25) is 0 Å². The average molecular weight is 1320 g/mol. The van der Waals surface area contributed by atoms with Crippen molar-refractivity contribution in [1.29, 1.82) is 0 Å². The number of esters is 1. The van der Waals surface area contributed by atoms with Gasteiger partial charge < -0.3 is 76.2 Å². The summed E-state index contributed by atoms with van der Waals surface area (Å²) in [5.41, 5.74) is 6.54. The first-order valence-electron chi connectivity index (χ1n) is 33.0. The predicted octanol–water partition coefficient (Wildman–Crippen LogP) is 12.3. The Morgan fingerprint density at radius 2 is 0.639 bits per heavy atom. The van der Waals surface area contributed by atoms with Crippen molar-refractivity contribution in [1.82, 2.24) is 0 Å². The molecule has 0 unspecified atom stereocenters. The van der Waals surface area contributed by atoms with E-state index in [-0.39, 0.29) is 84.8 Å². The molecule has 17 heteroatoms. The van der Waals surface area contributed by atoms with Crippen LogP contribution < -0.4 is 0 Å². The first-order valence-corrected chi connectivity index (χ1v) is 33.0. The Hall–Kier alpha value is -7.89. The highest BCUT2D eigenvalue weighted by atomic mass is 16.8. The molecule has 508 valence electrons. The van der Waals surface area contributed by atoms with E-state index in [4.69, 9.17) is 71.1 Å². The molecule has 0 bridgehead atoms. The van der Waals surface area contributed by atoms with E-state index in [2.05, 4.69) is 13.2 Å². The minimum atomic E-state index is -1.75. The normalized spacial score (nSPS) is 25.6. The van der Waals surface area contributed by atoms with Gasteiger partial charge in [-0.2, -0.15) is 0 Å². The maximum absolute atomic E-state index is 14.8. The molecule has 0 aliphatic carbocycles. The number of hydrogen-bond acceptors (Lipinski definition) is 17. The molecule has 8 aromatic carbocycles. The Balaban J connectivity index is 0.992. The highest BCUT2D eigenvalue weighted by Gasteiger charge is 2.57. The average Bonchev–Trinajstić information content (AvgIpc) is 0.774. The summed E-state index contributed by atoms with van der Waals surface area (Å²) in [5.74, 6) is -0.688. The van der Waals surface area contributed by atoms with Crippen LogP contribution in [0.3, 0.4) is 0 Å². The van der Waals surface area contributed by atoms with Gasteiger partial charge in [-0.05, 0) is 51.1 Å². The standard InChI is InChI=1S/C80H86O17/c1-3-45-83-54-67-70(96-80-76(95-77(81)64-43-27-12-28-44-64)72(90-52-62-39-23-10-24-40-62)69(88-50-60-35-19-8-20-36-60)66(94-80)56-85-48-58-31-15-6-16-32-58)73(86-46-4-2)74(78(82)92-67)97-79-75(91-53-63-41-25-11-26-42-63)71(89-51-61-37-21-9-22-38-61)68(87-49-59-33-17-7-18-34-59)65(93-79)55-84-47-57-29-13-5-14-30-57/h3-44,65-76,78-80,82H,1-2,45-56H2/t65-,66-,67-,68-,69-,70-,71+,72+,73+,74+,75+,76+,78+,79-,80-/m1/s1. The van der Waals surface area contributed by atoms with E-state index in [0.29, 0.717) is 0 Å². The van der Waals surface area contributed by atoms with E-state index >= 15 is 0 Å². The summed E-state index contributed by atoms with van der Waals surface area (Å²) in [6.45, 7) is 8.91. The lowest BCUT2D eigenvalue weighted by Gasteiger charge is -2.51. The van der Waals surface area contributed by atoms with Crippen LogP contribution in [-0.2, 0) is 117 Å². The lowest BCUT2D eigenvalue weighted by atomic mass is 9.95. The number of rotatable bonds is 36. The summed E-state index contributed by atoms with van der Waals surface area (Å²) in [5, 5.41) is 12.8. The monoisotopic (exact) mass is 1320 g/mol. The lowest BCUT2D eigenvalue weighted by molar-refractivity contribution is -0.393. The second-order valence-corrected chi connectivity index (χ2v) is 23.8. The summed E-state index contributed by atoms with van der Waals surface area (Å²) in [6.07, 6.45) is -14.7. The van der Waals surface area contributed by atoms with Crippen molar-refractivity contribution < 1.29 is 81.0 Å². The molecule has 15 atom stereocenters. The van der Waals surface area contributed by atoms with Gasteiger partial charge in [0.25, 0.3) is 0 Å². The van der Waals surface area contributed by atoms with Gasteiger partial charge >= 0.3 is 5.97 Å². The van der Waals surface area contributed by atoms with Gasteiger partial charge in [0.05, 0.1) is 84.8 Å².